The van der Waals surface area contributed by atoms with Crippen molar-refractivity contribution in [2.45, 2.75) is 24.7 Å². The van der Waals surface area contributed by atoms with E-state index in [9.17, 15) is 13.2 Å². The molecule has 0 unspecified atom stereocenters. The van der Waals surface area contributed by atoms with Gasteiger partial charge < -0.3 is 5.32 Å². The third kappa shape index (κ3) is 4.31. The summed E-state index contributed by atoms with van der Waals surface area (Å²) in [6, 6.07) is 10.3. The van der Waals surface area contributed by atoms with Gasteiger partial charge >= 0.3 is 0 Å². The number of aryl methyl sites for hydroxylation is 1. The Balaban J connectivity index is 1.71. The molecule has 1 saturated heterocycles. The van der Waals surface area contributed by atoms with Crippen LogP contribution in [0.4, 0.5) is 5.82 Å². The first-order chi connectivity index (χ1) is 12.4. The fourth-order valence-electron chi connectivity index (χ4n) is 2.91. The molecule has 2 aromatic rings. The van der Waals surface area contributed by atoms with Crippen LogP contribution in [0.15, 0.2) is 52.0 Å². The molecular formula is C18H20BrN3O3S. The number of rotatable bonds is 4. The normalized spacial score (nSPS) is 18.5. The third-order valence-corrected chi connectivity index (χ3v) is 6.74. The van der Waals surface area contributed by atoms with Crippen LogP contribution in [0.1, 0.15) is 18.4 Å². The minimum Gasteiger partial charge on any atom is -0.310 e. The lowest BCUT2D eigenvalue weighted by molar-refractivity contribution is -0.120. The first-order valence-electron chi connectivity index (χ1n) is 8.35. The lowest BCUT2D eigenvalue weighted by Crippen LogP contribution is -2.43. The van der Waals surface area contributed by atoms with E-state index in [4.69, 9.17) is 0 Å². The van der Waals surface area contributed by atoms with E-state index in [1.165, 1.54) is 4.31 Å². The van der Waals surface area contributed by atoms with Crippen LogP contribution in [0.2, 0.25) is 0 Å². The Hall–Kier alpha value is -1.77. The van der Waals surface area contributed by atoms with Gasteiger partial charge in [-0.25, -0.2) is 13.4 Å². The van der Waals surface area contributed by atoms with Gasteiger partial charge in [0.1, 0.15) is 5.82 Å². The topological polar surface area (TPSA) is 79.4 Å². The molecule has 1 atom stereocenters. The van der Waals surface area contributed by atoms with Gasteiger partial charge in [-0.1, -0.05) is 17.7 Å². The Morgan fingerprint density at radius 1 is 1.23 bits per heavy atom. The van der Waals surface area contributed by atoms with Crippen molar-refractivity contribution in [1.82, 2.24) is 9.29 Å². The zero-order valence-corrected chi connectivity index (χ0v) is 16.8. The van der Waals surface area contributed by atoms with Gasteiger partial charge in [0.2, 0.25) is 15.9 Å². The van der Waals surface area contributed by atoms with Gasteiger partial charge in [-0.15, -0.1) is 0 Å². The maximum absolute atomic E-state index is 12.8. The number of halogens is 1. The number of hydrogen-bond acceptors (Lipinski definition) is 4. The summed E-state index contributed by atoms with van der Waals surface area (Å²) in [5.41, 5.74) is 1.00. The molecule has 2 heterocycles. The van der Waals surface area contributed by atoms with Gasteiger partial charge in [0.25, 0.3) is 0 Å². The lowest BCUT2D eigenvalue weighted by Gasteiger charge is -2.31. The summed E-state index contributed by atoms with van der Waals surface area (Å²) < 4.78 is 27.9. The van der Waals surface area contributed by atoms with Crippen LogP contribution in [0.25, 0.3) is 0 Å². The van der Waals surface area contributed by atoms with Crippen LogP contribution in [-0.2, 0) is 14.8 Å². The van der Waals surface area contributed by atoms with Gasteiger partial charge in [-0.3, -0.25) is 4.79 Å². The summed E-state index contributed by atoms with van der Waals surface area (Å²) in [5.74, 6) is -0.144. The second-order valence-electron chi connectivity index (χ2n) is 6.37. The van der Waals surface area contributed by atoms with Crippen molar-refractivity contribution in [1.29, 1.82) is 0 Å². The van der Waals surface area contributed by atoms with E-state index in [0.717, 1.165) is 10.0 Å². The van der Waals surface area contributed by atoms with Crippen LogP contribution >= 0.6 is 15.9 Å². The number of sulfonamides is 1. The van der Waals surface area contributed by atoms with E-state index in [1.807, 2.05) is 6.92 Å². The zero-order valence-electron chi connectivity index (χ0n) is 14.4. The fourth-order valence-corrected chi connectivity index (χ4v) is 4.67. The van der Waals surface area contributed by atoms with Crippen molar-refractivity contribution < 1.29 is 13.2 Å². The molecular weight excluding hydrogens is 418 g/mol. The Morgan fingerprint density at radius 3 is 2.62 bits per heavy atom. The predicted octanol–water partition coefficient (Wildman–Crippen LogP) is 3.19. The minimum absolute atomic E-state index is 0.179. The molecule has 0 bridgehead atoms. The van der Waals surface area contributed by atoms with Crippen LogP contribution in [0, 0.1) is 12.8 Å². The van der Waals surface area contributed by atoms with Crippen molar-refractivity contribution in [3.63, 3.8) is 0 Å². The summed E-state index contributed by atoms with van der Waals surface area (Å²) in [6.45, 7) is 2.52. The highest BCUT2D eigenvalue weighted by Gasteiger charge is 2.33. The highest BCUT2D eigenvalue weighted by atomic mass is 79.9. The second-order valence-corrected chi connectivity index (χ2v) is 9.22. The molecule has 0 spiro atoms. The Bertz CT molecular complexity index is 883. The van der Waals surface area contributed by atoms with E-state index in [0.29, 0.717) is 25.2 Å². The zero-order chi connectivity index (χ0) is 18.7. The molecule has 26 heavy (non-hydrogen) atoms. The molecule has 1 N–H and O–H groups in total. The highest BCUT2D eigenvalue weighted by molar-refractivity contribution is 9.10. The SMILES string of the molecule is Cc1ccc(S(=O)(=O)N2CCC[C@@H](C(=O)Nc3ccc(Br)cn3)C2)cc1. The Morgan fingerprint density at radius 2 is 1.96 bits per heavy atom. The van der Waals surface area contributed by atoms with Crippen LogP contribution < -0.4 is 5.32 Å². The monoisotopic (exact) mass is 437 g/mol. The molecule has 3 rings (SSSR count). The first-order valence-corrected chi connectivity index (χ1v) is 10.6. The van der Waals surface area contributed by atoms with Crippen molar-refractivity contribution in [2.75, 3.05) is 18.4 Å². The fraction of sp³-hybridized carbons (Fsp3) is 0.333. The predicted molar refractivity (Wildman–Crippen MR) is 103 cm³/mol. The van der Waals surface area contributed by atoms with E-state index in [1.54, 1.807) is 42.6 Å². The molecule has 0 radical (unpaired) electrons. The highest BCUT2D eigenvalue weighted by Crippen LogP contribution is 2.25. The number of pyridine rings is 1. The smallest absolute Gasteiger partial charge is 0.243 e. The number of anilines is 1. The molecule has 1 aromatic carbocycles. The number of carbonyl (C=O) groups excluding carboxylic acids is 1. The number of aromatic nitrogens is 1. The molecule has 8 heteroatoms. The molecule has 0 aliphatic carbocycles. The van der Waals surface area contributed by atoms with E-state index < -0.39 is 15.9 Å². The van der Waals surface area contributed by atoms with Gasteiger partial charge in [-0.2, -0.15) is 4.31 Å². The molecule has 1 aromatic heterocycles. The van der Waals surface area contributed by atoms with Crippen LogP contribution in [0.3, 0.4) is 0 Å². The van der Waals surface area contributed by atoms with Gasteiger partial charge in [0, 0.05) is 23.8 Å². The number of amides is 1. The molecule has 0 saturated carbocycles. The summed E-state index contributed by atoms with van der Waals surface area (Å²) in [7, 11) is -3.59. The standard InChI is InChI=1S/C18H20BrN3O3S/c1-13-4-7-16(8-5-13)26(24,25)22-10-2-3-14(12-22)18(23)21-17-9-6-15(19)11-20-17/h4-9,11,14H,2-3,10,12H2,1H3,(H,20,21,23)/t14-/m1/s1. The maximum Gasteiger partial charge on any atom is 0.243 e. The minimum atomic E-state index is -3.59. The van der Waals surface area contributed by atoms with Gasteiger partial charge in [0.15, 0.2) is 0 Å². The Kier molecular flexibility index (Phi) is 5.74. The van der Waals surface area contributed by atoms with Crippen LogP contribution in [-0.4, -0.2) is 36.7 Å². The molecule has 138 valence electrons. The number of nitrogens with zero attached hydrogens (tertiary/aromatic N) is 2. The first kappa shape index (κ1) is 19.0. The molecule has 6 nitrogen and oxygen atoms in total. The average molecular weight is 438 g/mol. The van der Waals surface area contributed by atoms with E-state index >= 15 is 0 Å². The lowest BCUT2D eigenvalue weighted by atomic mass is 9.99. The number of piperidine rings is 1. The second kappa shape index (κ2) is 7.85. The number of benzene rings is 1. The summed E-state index contributed by atoms with van der Waals surface area (Å²) >= 11 is 3.30. The number of carbonyl (C=O) groups is 1. The number of nitrogens with one attached hydrogen (secondary N) is 1. The van der Waals surface area contributed by atoms with Crippen molar-refractivity contribution in [2.24, 2.45) is 5.92 Å². The summed E-state index contributed by atoms with van der Waals surface area (Å²) in [5, 5.41) is 2.77. The largest absolute Gasteiger partial charge is 0.310 e. The molecule has 1 aliphatic rings. The molecule has 1 aliphatic heterocycles. The molecule has 1 fully saturated rings. The van der Waals surface area contributed by atoms with E-state index in [2.05, 4.69) is 26.2 Å². The van der Waals surface area contributed by atoms with Gasteiger partial charge in [0.05, 0.1) is 10.8 Å². The van der Waals surface area contributed by atoms with Gasteiger partial charge in [-0.05, 0) is 60.0 Å². The quantitative estimate of drug-likeness (QED) is 0.796. The number of hydrogen-bond donors (Lipinski definition) is 1. The van der Waals surface area contributed by atoms with Crippen molar-refractivity contribution >= 4 is 37.7 Å². The van der Waals surface area contributed by atoms with Crippen molar-refractivity contribution in [3.05, 3.63) is 52.6 Å². The average Bonchev–Trinajstić information content (AvgIpc) is 2.64. The van der Waals surface area contributed by atoms with Crippen molar-refractivity contribution in [3.8, 4) is 0 Å². The summed E-state index contributed by atoms with van der Waals surface area (Å²) in [4.78, 5) is 16.9. The van der Waals surface area contributed by atoms with E-state index in [-0.39, 0.29) is 17.3 Å². The molecule has 1 amide bonds. The summed E-state index contributed by atoms with van der Waals surface area (Å²) in [6.07, 6.45) is 2.91. The Labute approximate surface area is 161 Å². The third-order valence-electron chi connectivity index (χ3n) is 4.39. The van der Waals surface area contributed by atoms with Crippen LogP contribution in [0.5, 0.6) is 0 Å². The maximum atomic E-state index is 12.8.